The molecule has 3 rings (SSSR count). The fourth-order valence-corrected chi connectivity index (χ4v) is 3.85. The number of aryl methyl sites for hydroxylation is 2. The molecule has 0 saturated carbocycles. The van der Waals surface area contributed by atoms with Crippen LogP contribution in [0.25, 0.3) is 0 Å². The number of nitrogens with zero attached hydrogens (tertiary/aromatic N) is 2. The predicted octanol–water partition coefficient (Wildman–Crippen LogP) is 3.74. The lowest BCUT2D eigenvalue weighted by Crippen LogP contribution is -2.42. The molecule has 1 aromatic carbocycles. The minimum absolute atomic E-state index is 0.0153. The van der Waals surface area contributed by atoms with Gasteiger partial charge in [-0.2, -0.15) is 5.10 Å². The summed E-state index contributed by atoms with van der Waals surface area (Å²) in [5.74, 6) is 0.0153. The Bertz CT molecular complexity index is 769. The molecule has 1 aliphatic rings. The number of rotatable bonds is 7. The van der Waals surface area contributed by atoms with Gasteiger partial charge in [0.1, 0.15) is 0 Å². The number of carbonyl (C=O) groups is 1. The summed E-state index contributed by atoms with van der Waals surface area (Å²) in [6.07, 6.45) is 7.49. The van der Waals surface area contributed by atoms with Crippen LogP contribution in [0.15, 0.2) is 49.2 Å². The minimum atomic E-state index is -0.0464. The first-order chi connectivity index (χ1) is 13.0. The molecule has 2 heterocycles. The zero-order valence-corrected chi connectivity index (χ0v) is 16.2. The highest BCUT2D eigenvalue weighted by molar-refractivity contribution is 5.73. The van der Waals surface area contributed by atoms with Gasteiger partial charge in [0, 0.05) is 24.7 Å². The molecule has 1 fully saturated rings. The van der Waals surface area contributed by atoms with Gasteiger partial charge in [0.25, 0.3) is 0 Å². The maximum atomic E-state index is 11.6. The Morgan fingerprint density at radius 3 is 2.85 bits per heavy atom. The Kier molecular flexibility index (Phi) is 6.45. The maximum Gasteiger partial charge on any atom is 0.217 e. The van der Waals surface area contributed by atoms with E-state index in [1.807, 2.05) is 29.9 Å². The molecular weight excluding hydrogens is 338 g/mol. The van der Waals surface area contributed by atoms with Gasteiger partial charge in [-0.3, -0.25) is 9.48 Å². The van der Waals surface area contributed by atoms with Crippen LogP contribution in [0.4, 0.5) is 0 Å². The monoisotopic (exact) mass is 367 g/mol. The molecule has 3 atom stereocenters. The van der Waals surface area contributed by atoms with Gasteiger partial charge in [-0.05, 0) is 38.2 Å². The van der Waals surface area contributed by atoms with E-state index < -0.39 is 0 Å². The van der Waals surface area contributed by atoms with Gasteiger partial charge in [0.2, 0.25) is 5.91 Å². The van der Waals surface area contributed by atoms with Crippen molar-refractivity contribution in [3.63, 3.8) is 0 Å². The fourth-order valence-electron chi connectivity index (χ4n) is 3.85. The van der Waals surface area contributed by atoms with Gasteiger partial charge in [-0.1, -0.05) is 36.4 Å². The number of aromatic nitrogens is 2. The molecule has 5 heteroatoms. The highest BCUT2D eigenvalue weighted by Crippen LogP contribution is 2.34. The van der Waals surface area contributed by atoms with E-state index in [4.69, 9.17) is 4.74 Å². The average Bonchev–Trinajstić information content (AvgIpc) is 3.01. The minimum Gasteiger partial charge on any atom is -0.370 e. The quantitative estimate of drug-likeness (QED) is 0.759. The fraction of sp³-hybridized carbons (Fsp3) is 0.455. The first kappa shape index (κ1) is 19.4. The van der Waals surface area contributed by atoms with Crippen LogP contribution in [-0.2, 0) is 22.5 Å². The van der Waals surface area contributed by atoms with E-state index in [-0.39, 0.29) is 24.2 Å². The van der Waals surface area contributed by atoms with Crippen molar-refractivity contribution in [2.45, 2.75) is 64.3 Å². The van der Waals surface area contributed by atoms with Gasteiger partial charge in [-0.25, -0.2) is 0 Å². The molecule has 0 aliphatic carbocycles. The van der Waals surface area contributed by atoms with Gasteiger partial charge < -0.3 is 10.1 Å². The summed E-state index contributed by atoms with van der Waals surface area (Å²) < 4.78 is 8.34. The molecule has 1 aromatic heterocycles. The van der Waals surface area contributed by atoms with E-state index in [0.717, 1.165) is 36.9 Å². The van der Waals surface area contributed by atoms with E-state index in [0.29, 0.717) is 6.54 Å². The SMILES string of the molecule is C=CCn1cc([C@@H]2C[C@H](NC(C)=O)C[C@H](CCc3ccccc3)O2)c(C)n1. The van der Waals surface area contributed by atoms with Crippen molar-refractivity contribution >= 4 is 5.91 Å². The molecule has 1 aliphatic heterocycles. The Morgan fingerprint density at radius 1 is 1.37 bits per heavy atom. The van der Waals surface area contributed by atoms with E-state index in [1.165, 1.54) is 5.56 Å². The molecule has 0 unspecified atom stereocenters. The molecule has 0 bridgehead atoms. The lowest BCUT2D eigenvalue weighted by molar-refractivity contribution is -0.122. The van der Waals surface area contributed by atoms with Gasteiger partial charge in [0.05, 0.1) is 24.4 Å². The lowest BCUT2D eigenvalue weighted by atomic mass is 9.92. The maximum absolute atomic E-state index is 11.6. The molecule has 27 heavy (non-hydrogen) atoms. The number of ether oxygens (including phenoxy) is 1. The van der Waals surface area contributed by atoms with Crippen LogP contribution in [-0.4, -0.2) is 27.8 Å². The second-order valence-electron chi connectivity index (χ2n) is 7.32. The standard InChI is InChI=1S/C22H29N3O2/c1-4-12-25-15-21(16(2)24-25)22-14-19(23-17(3)26)13-20(27-22)11-10-18-8-6-5-7-9-18/h4-9,15,19-20,22H,1,10-14H2,2-3H3,(H,23,26)/t19-,20+,22+/m1/s1. The molecule has 0 radical (unpaired) electrons. The van der Waals surface area contributed by atoms with Crippen molar-refractivity contribution in [1.82, 2.24) is 15.1 Å². The van der Waals surface area contributed by atoms with Gasteiger partial charge >= 0.3 is 0 Å². The van der Waals surface area contributed by atoms with Crippen molar-refractivity contribution in [2.75, 3.05) is 0 Å². The molecule has 1 amide bonds. The van der Waals surface area contributed by atoms with E-state index in [2.05, 4.69) is 41.3 Å². The third kappa shape index (κ3) is 5.30. The number of allylic oxidation sites excluding steroid dienone is 1. The number of nitrogens with one attached hydrogen (secondary N) is 1. The zero-order valence-electron chi connectivity index (χ0n) is 16.2. The van der Waals surface area contributed by atoms with Crippen molar-refractivity contribution in [1.29, 1.82) is 0 Å². The molecule has 1 N–H and O–H groups in total. The summed E-state index contributed by atoms with van der Waals surface area (Å²) >= 11 is 0. The molecule has 0 spiro atoms. The molecule has 2 aromatic rings. The topological polar surface area (TPSA) is 56.2 Å². The number of hydrogen-bond acceptors (Lipinski definition) is 3. The Hall–Kier alpha value is -2.40. The zero-order chi connectivity index (χ0) is 19.2. The second-order valence-corrected chi connectivity index (χ2v) is 7.32. The molecule has 5 nitrogen and oxygen atoms in total. The summed E-state index contributed by atoms with van der Waals surface area (Å²) in [5, 5.41) is 7.66. The Balaban J connectivity index is 1.72. The second kappa shape index (κ2) is 9.00. The normalized spacial score (nSPS) is 22.4. The van der Waals surface area contributed by atoms with Crippen LogP contribution < -0.4 is 5.32 Å². The van der Waals surface area contributed by atoms with Crippen molar-refractivity contribution in [3.8, 4) is 0 Å². The van der Waals surface area contributed by atoms with Crippen LogP contribution >= 0.6 is 0 Å². The number of carbonyl (C=O) groups excluding carboxylic acids is 1. The summed E-state index contributed by atoms with van der Waals surface area (Å²) in [7, 11) is 0. The third-order valence-corrected chi connectivity index (χ3v) is 5.06. The van der Waals surface area contributed by atoms with Gasteiger partial charge in [0.15, 0.2) is 0 Å². The van der Waals surface area contributed by atoms with E-state index >= 15 is 0 Å². The van der Waals surface area contributed by atoms with Crippen LogP contribution in [0.1, 0.15) is 49.1 Å². The van der Waals surface area contributed by atoms with E-state index in [1.54, 1.807) is 6.92 Å². The summed E-state index contributed by atoms with van der Waals surface area (Å²) in [6, 6.07) is 10.6. The smallest absolute Gasteiger partial charge is 0.217 e. The van der Waals surface area contributed by atoms with E-state index in [9.17, 15) is 4.79 Å². The molecule has 144 valence electrons. The third-order valence-electron chi connectivity index (χ3n) is 5.06. The summed E-state index contributed by atoms with van der Waals surface area (Å²) in [6.45, 7) is 8.05. The lowest BCUT2D eigenvalue weighted by Gasteiger charge is -2.36. The van der Waals surface area contributed by atoms with Crippen molar-refractivity contribution in [3.05, 3.63) is 66.0 Å². The van der Waals surface area contributed by atoms with Gasteiger partial charge in [-0.15, -0.1) is 6.58 Å². The number of benzene rings is 1. The first-order valence-corrected chi connectivity index (χ1v) is 9.66. The largest absolute Gasteiger partial charge is 0.370 e. The average molecular weight is 367 g/mol. The predicted molar refractivity (Wildman–Crippen MR) is 106 cm³/mol. The first-order valence-electron chi connectivity index (χ1n) is 9.66. The number of hydrogen-bond donors (Lipinski definition) is 1. The van der Waals surface area contributed by atoms with Crippen LogP contribution in [0.5, 0.6) is 0 Å². The highest BCUT2D eigenvalue weighted by atomic mass is 16.5. The van der Waals surface area contributed by atoms with Crippen LogP contribution in [0.3, 0.4) is 0 Å². The van der Waals surface area contributed by atoms with Crippen LogP contribution in [0, 0.1) is 6.92 Å². The molecular formula is C22H29N3O2. The Labute approximate surface area is 161 Å². The van der Waals surface area contributed by atoms with Crippen LogP contribution in [0.2, 0.25) is 0 Å². The summed E-state index contributed by atoms with van der Waals surface area (Å²) in [4.78, 5) is 11.6. The van der Waals surface area contributed by atoms with Crippen molar-refractivity contribution < 1.29 is 9.53 Å². The highest BCUT2D eigenvalue weighted by Gasteiger charge is 2.32. The Morgan fingerprint density at radius 2 is 2.15 bits per heavy atom. The number of amides is 1. The summed E-state index contributed by atoms with van der Waals surface area (Å²) in [5.41, 5.74) is 3.40. The molecule has 1 saturated heterocycles. The van der Waals surface area contributed by atoms with Crippen molar-refractivity contribution in [2.24, 2.45) is 0 Å².